The van der Waals surface area contributed by atoms with Gasteiger partial charge < -0.3 is 15.0 Å². The molecule has 1 aliphatic rings. The Hall–Kier alpha value is -2.35. The third-order valence-electron chi connectivity index (χ3n) is 3.75. The molecule has 0 fully saturated rings. The van der Waals surface area contributed by atoms with Gasteiger partial charge in [0.1, 0.15) is 5.75 Å². The number of nitrogens with one attached hydrogen (secondary N) is 3. The molecule has 3 N–H and O–H groups in total. The first-order valence-corrected chi connectivity index (χ1v) is 8.87. The van der Waals surface area contributed by atoms with Crippen molar-refractivity contribution < 1.29 is 14.3 Å². The molecule has 0 aliphatic carbocycles. The van der Waals surface area contributed by atoms with Gasteiger partial charge in [-0.2, -0.15) is 0 Å². The van der Waals surface area contributed by atoms with Crippen LogP contribution in [0.25, 0.3) is 0 Å². The molecule has 0 atom stereocenters. The van der Waals surface area contributed by atoms with Crippen LogP contribution >= 0.6 is 12.2 Å². The number of amides is 2. The van der Waals surface area contributed by atoms with Crippen LogP contribution in [-0.2, 0) is 9.59 Å². The average molecular weight is 364 g/mol. The summed E-state index contributed by atoms with van der Waals surface area (Å²) in [7, 11) is 0. The molecule has 136 valence electrons. The summed E-state index contributed by atoms with van der Waals surface area (Å²) in [6, 6.07) is 7.28. The summed E-state index contributed by atoms with van der Waals surface area (Å²) >= 11 is 5.08. The van der Waals surface area contributed by atoms with Crippen molar-refractivity contribution in [3.63, 3.8) is 0 Å². The zero-order valence-corrected chi connectivity index (χ0v) is 15.2. The van der Waals surface area contributed by atoms with Gasteiger partial charge in [-0.25, -0.2) is 0 Å². The summed E-state index contributed by atoms with van der Waals surface area (Å²) in [6.07, 6.45) is 3.47. The maximum absolute atomic E-state index is 12.0. The minimum atomic E-state index is -0.241. The second-order valence-corrected chi connectivity index (χ2v) is 6.10. The smallest absolute Gasteiger partial charge is 0.265 e. The van der Waals surface area contributed by atoms with Gasteiger partial charge in [-0.3, -0.25) is 20.4 Å². The second-order valence-electron chi connectivity index (χ2n) is 5.69. The molecule has 0 spiro atoms. The summed E-state index contributed by atoms with van der Waals surface area (Å²) in [5.74, 6) is 0.250. The molecule has 0 saturated carbocycles. The van der Waals surface area contributed by atoms with Crippen molar-refractivity contribution in [2.24, 2.45) is 0 Å². The van der Waals surface area contributed by atoms with Crippen molar-refractivity contribution in [3.8, 4) is 5.75 Å². The van der Waals surface area contributed by atoms with Crippen molar-refractivity contribution >= 4 is 34.8 Å². The number of para-hydroxylation sites is 2. The number of fused-ring (bicyclic) bond motifs is 1. The Labute approximate surface area is 153 Å². The van der Waals surface area contributed by atoms with Gasteiger partial charge in [0.05, 0.1) is 5.69 Å². The normalized spacial score (nSPS) is 12.8. The van der Waals surface area contributed by atoms with Crippen LogP contribution in [-0.4, -0.2) is 36.6 Å². The van der Waals surface area contributed by atoms with Crippen LogP contribution in [0.15, 0.2) is 24.3 Å². The standard InChI is InChI=1S/C17H24N4O3S/c1-2-3-6-10-18-17(25)20-19-15(22)9-11-21-13-7-4-5-8-14(13)24-12-16(21)23/h4-5,7-8H,2-3,6,9-12H2,1H3,(H,19,22)(H2,18,20,25). The van der Waals surface area contributed by atoms with Crippen molar-refractivity contribution in [2.75, 3.05) is 24.6 Å². The first-order valence-electron chi connectivity index (χ1n) is 8.46. The van der Waals surface area contributed by atoms with Crippen LogP contribution < -0.4 is 25.8 Å². The lowest BCUT2D eigenvalue weighted by atomic mass is 10.2. The molecular weight excluding hydrogens is 340 g/mol. The molecule has 0 aromatic heterocycles. The first kappa shape index (κ1) is 19.0. The van der Waals surface area contributed by atoms with E-state index in [9.17, 15) is 9.59 Å². The Morgan fingerprint density at radius 3 is 2.88 bits per heavy atom. The molecule has 0 bridgehead atoms. The number of nitrogens with zero attached hydrogens (tertiary/aromatic N) is 1. The molecule has 1 aromatic rings. The fourth-order valence-electron chi connectivity index (χ4n) is 2.42. The van der Waals surface area contributed by atoms with E-state index < -0.39 is 0 Å². The third-order valence-corrected chi connectivity index (χ3v) is 4.00. The minimum Gasteiger partial charge on any atom is -0.482 e. The number of hydrogen-bond acceptors (Lipinski definition) is 4. The molecule has 0 saturated heterocycles. The third kappa shape index (κ3) is 5.90. The first-order chi connectivity index (χ1) is 12.1. The largest absolute Gasteiger partial charge is 0.482 e. The minimum absolute atomic E-state index is 0.0113. The topological polar surface area (TPSA) is 82.7 Å². The summed E-state index contributed by atoms with van der Waals surface area (Å²) < 4.78 is 5.38. The highest BCUT2D eigenvalue weighted by atomic mass is 32.1. The molecule has 2 rings (SSSR count). The summed E-state index contributed by atoms with van der Waals surface area (Å²) in [5.41, 5.74) is 5.90. The molecule has 25 heavy (non-hydrogen) atoms. The van der Waals surface area contributed by atoms with Crippen molar-refractivity contribution in [3.05, 3.63) is 24.3 Å². The molecule has 8 heteroatoms. The molecule has 7 nitrogen and oxygen atoms in total. The number of unbranched alkanes of at least 4 members (excludes halogenated alkanes) is 2. The molecule has 1 aromatic carbocycles. The lowest BCUT2D eigenvalue weighted by molar-refractivity contribution is -0.122. The lowest BCUT2D eigenvalue weighted by Gasteiger charge is -2.29. The van der Waals surface area contributed by atoms with E-state index in [1.54, 1.807) is 17.0 Å². The maximum atomic E-state index is 12.0. The van der Waals surface area contributed by atoms with Gasteiger partial charge >= 0.3 is 0 Å². The zero-order chi connectivity index (χ0) is 18.1. The molecule has 1 aliphatic heterocycles. The second kappa shape index (κ2) is 9.83. The summed E-state index contributed by atoms with van der Waals surface area (Å²) in [6.45, 7) is 3.18. The number of thiocarbonyl (C=S) groups is 1. The highest BCUT2D eigenvalue weighted by molar-refractivity contribution is 7.80. The van der Waals surface area contributed by atoms with Gasteiger partial charge in [0.15, 0.2) is 11.7 Å². The van der Waals surface area contributed by atoms with Crippen LogP contribution in [0.4, 0.5) is 5.69 Å². The number of hydrogen-bond donors (Lipinski definition) is 3. The fourth-order valence-corrected chi connectivity index (χ4v) is 2.58. The Morgan fingerprint density at radius 2 is 2.08 bits per heavy atom. The van der Waals surface area contributed by atoms with Crippen LogP contribution in [0, 0.1) is 0 Å². The van der Waals surface area contributed by atoms with Gasteiger partial charge in [0, 0.05) is 19.5 Å². The highest BCUT2D eigenvalue weighted by Crippen LogP contribution is 2.31. The predicted octanol–water partition coefficient (Wildman–Crippen LogP) is 1.49. The zero-order valence-electron chi connectivity index (χ0n) is 14.3. The van der Waals surface area contributed by atoms with Crippen LogP contribution in [0.2, 0.25) is 0 Å². The van der Waals surface area contributed by atoms with Gasteiger partial charge in [-0.15, -0.1) is 0 Å². The van der Waals surface area contributed by atoms with Crippen molar-refractivity contribution in [2.45, 2.75) is 32.6 Å². The van der Waals surface area contributed by atoms with E-state index in [0.717, 1.165) is 25.8 Å². The summed E-state index contributed by atoms with van der Waals surface area (Å²) in [4.78, 5) is 25.6. The fraction of sp³-hybridized carbons (Fsp3) is 0.471. The van der Waals surface area contributed by atoms with Crippen LogP contribution in [0.3, 0.4) is 0 Å². The van der Waals surface area contributed by atoms with Gasteiger partial charge in [-0.1, -0.05) is 31.9 Å². The van der Waals surface area contributed by atoms with E-state index in [2.05, 4.69) is 23.1 Å². The van der Waals surface area contributed by atoms with Crippen molar-refractivity contribution in [1.82, 2.24) is 16.2 Å². The Bertz CT molecular complexity index is 624. The number of hydrazine groups is 1. The molecular formula is C17H24N4O3S. The summed E-state index contributed by atoms with van der Waals surface area (Å²) in [5, 5.41) is 3.41. The Kier molecular flexibility index (Phi) is 7.46. The van der Waals surface area contributed by atoms with E-state index >= 15 is 0 Å². The van der Waals surface area contributed by atoms with Crippen LogP contribution in [0.1, 0.15) is 32.6 Å². The van der Waals surface area contributed by atoms with Gasteiger partial charge in [-0.05, 0) is 30.8 Å². The van der Waals surface area contributed by atoms with Crippen LogP contribution in [0.5, 0.6) is 5.75 Å². The number of anilines is 1. The van der Waals surface area contributed by atoms with E-state index in [4.69, 9.17) is 17.0 Å². The van der Waals surface area contributed by atoms with E-state index in [1.165, 1.54) is 0 Å². The molecule has 0 radical (unpaired) electrons. The quantitative estimate of drug-likeness (QED) is 0.386. The SMILES string of the molecule is CCCCCNC(=S)NNC(=O)CCN1C(=O)COc2ccccc21. The maximum Gasteiger partial charge on any atom is 0.265 e. The number of carbonyl (C=O) groups excluding carboxylic acids is 2. The van der Waals surface area contributed by atoms with Gasteiger partial charge in [0.2, 0.25) is 5.91 Å². The Morgan fingerprint density at radius 1 is 1.28 bits per heavy atom. The average Bonchev–Trinajstić information content (AvgIpc) is 2.62. The van der Waals surface area contributed by atoms with E-state index in [1.807, 2.05) is 12.1 Å². The number of ether oxygens (including phenoxy) is 1. The van der Waals surface area contributed by atoms with Gasteiger partial charge in [0.25, 0.3) is 5.91 Å². The van der Waals surface area contributed by atoms with Crippen molar-refractivity contribution in [1.29, 1.82) is 0 Å². The molecule has 1 heterocycles. The molecule has 0 unspecified atom stereocenters. The lowest BCUT2D eigenvalue weighted by Crippen LogP contribution is -2.48. The predicted molar refractivity (Wildman–Crippen MR) is 100 cm³/mol. The number of carbonyl (C=O) groups is 2. The monoisotopic (exact) mass is 364 g/mol. The number of benzene rings is 1. The molecule has 2 amide bonds. The van der Waals surface area contributed by atoms with E-state index in [-0.39, 0.29) is 31.4 Å². The highest BCUT2D eigenvalue weighted by Gasteiger charge is 2.25. The Balaban J connectivity index is 1.73. The number of rotatable bonds is 7. The van der Waals surface area contributed by atoms with E-state index in [0.29, 0.717) is 16.5 Å².